The number of benzene rings is 4. The second-order valence-corrected chi connectivity index (χ2v) is 8.94. The predicted octanol–water partition coefficient (Wildman–Crippen LogP) is 5.90. The molecule has 6 rings (SSSR count). The van der Waals surface area contributed by atoms with Gasteiger partial charge in [0.25, 0.3) is 0 Å². The van der Waals surface area contributed by atoms with Crippen molar-refractivity contribution in [1.82, 2.24) is 0 Å². The number of hydrogen-bond donors (Lipinski definition) is 0. The third kappa shape index (κ3) is 2.88. The highest BCUT2D eigenvalue weighted by Gasteiger charge is 2.57. The number of ether oxygens (including phenoxy) is 2. The van der Waals surface area contributed by atoms with Gasteiger partial charge in [-0.15, -0.1) is 0 Å². The Morgan fingerprint density at radius 1 is 0.912 bits per heavy atom. The molecular weight excluding hydrogens is 422 g/mol. The van der Waals surface area contributed by atoms with E-state index in [1.165, 1.54) is 0 Å². The molecular formula is C30H25NO3. The number of rotatable bonds is 4. The summed E-state index contributed by atoms with van der Waals surface area (Å²) in [5.41, 5.74) is 6.40. The number of hydrogen-bond acceptors (Lipinski definition) is 3. The van der Waals surface area contributed by atoms with E-state index < -0.39 is 5.41 Å². The van der Waals surface area contributed by atoms with Crippen molar-refractivity contribution in [2.45, 2.75) is 18.9 Å². The zero-order valence-corrected chi connectivity index (χ0v) is 19.2. The molecule has 1 spiro atoms. The van der Waals surface area contributed by atoms with Crippen LogP contribution in [-0.2, 0) is 16.8 Å². The summed E-state index contributed by atoms with van der Waals surface area (Å²) in [6, 6.07) is 30.7. The maximum Gasteiger partial charge on any atom is 0.246 e. The average molecular weight is 448 g/mol. The Morgan fingerprint density at radius 2 is 1.65 bits per heavy atom. The summed E-state index contributed by atoms with van der Waals surface area (Å²) >= 11 is 0. The van der Waals surface area contributed by atoms with Crippen LogP contribution in [0, 0.1) is 6.92 Å². The minimum absolute atomic E-state index is 0.0554. The van der Waals surface area contributed by atoms with Crippen LogP contribution in [0.25, 0.3) is 11.1 Å². The number of carbonyl (C=O) groups excluding carboxylic acids is 1. The molecule has 4 nitrogen and oxygen atoms in total. The van der Waals surface area contributed by atoms with E-state index in [0.717, 1.165) is 50.6 Å². The fourth-order valence-electron chi connectivity index (χ4n) is 5.42. The van der Waals surface area contributed by atoms with E-state index in [2.05, 4.69) is 36.4 Å². The van der Waals surface area contributed by atoms with Crippen molar-refractivity contribution in [1.29, 1.82) is 0 Å². The Bertz CT molecular complexity index is 1410. The third-order valence-corrected chi connectivity index (χ3v) is 7.10. The van der Waals surface area contributed by atoms with Gasteiger partial charge in [-0.1, -0.05) is 72.8 Å². The number of anilines is 1. The Hall–Kier alpha value is -4.05. The van der Waals surface area contributed by atoms with Gasteiger partial charge >= 0.3 is 0 Å². The molecule has 0 fully saturated rings. The fourth-order valence-corrected chi connectivity index (χ4v) is 5.42. The van der Waals surface area contributed by atoms with Crippen LogP contribution in [0.3, 0.4) is 0 Å². The van der Waals surface area contributed by atoms with Gasteiger partial charge in [-0.3, -0.25) is 4.79 Å². The lowest BCUT2D eigenvalue weighted by molar-refractivity contribution is -0.122. The molecule has 1 amide bonds. The van der Waals surface area contributed by atoms with Crippen molar-refractivity contribution in [3.8, 4) is 22.6 Å². The standard InChI is InChI=1S/C30H25NO3/c1-20-16-25-28(17-27(20)33-2)34-19-30(25)24-14-8-9-15-26(24)31(29(30)32)18-22-12-6-7-13-23(22)21-10-4-3-5-11-21/h3-17H,18-19H2,1-2H3. The molecule has 0 saturated carbocycles. The summed E-state index contributed by atoms with van der Waals surface area (Å²) in [7, 11) is 1.65. The summed E-state index contributed by atoms with van der Waals surface area (Å²) in [5.74, 6) is 1.54. The number of amides is 1. The van der Waals surface area contributed by atoms with E-state index in [9.17, 15) is 4.79 Å². The zero-order chi connectivity index (χ0) is 23.3. The average Bonchev–Trinajstić information content (AvgIpc) is 3.36. The largest absolute Gasteiger partial charge is 0.496 e. The molecule has 0 bridgehead atoms. The summed E-state index contributed by atoms with van der Waals surface area (Å²) in [4.78, 5) is 16.2. The second-order valence-electron chi connectivity index (χ2n) is 8.94. The van der Waals surface area contributed by atoms with Crippen molar-refractivity contribution >= 4 is 11.6 Å². The number of aryl methyl sites for hydroxylation is 1. The lowest BCUT2D eigenvalue weighted by Crippen LogP contribution is -2.42. The van der Waals surface area contributed by atoms with Gasteiger partial charge in [0.05, 0.1) is 13.7 Å². The molecule has 0 aromatic heterocycles. The molecule has 2 aliphatic rings. The molecule has 2 heterocycles. The van der Waals surface area contributed by atoms with Crippen LogP contribution in [0.5, 0.6) is 11.5 Å². The first-order valence-corrected chi connectivity index (χ1v) is 11.5. The first kappa shape index (κ1) is 20.5. The zero-order valence-electron chi connectivity index (χ0n) is 19.2. The monoisotopic (exact) mass is 447 g/mol. The molecule has 4 heteroatoms. The second kappa shape index (κ2) is 7.77. The van der Waals surface area contributed by atoms with Crippen LogP contribution in [0.4, 0.5) is 5.69 Å². The molecule has 0 aliphatic carbocycles. The van der Waals surface area contributed by atoms with Crippen molar-refractivity contribution in [3.63, 3.8) is 0 Å². The highest BCUT2D eigenvalue weighted by atomic mass is 16.5. The summed E-state index contributed by atoms with van der Waals surface area (Å²) < 4.78 is 11.6. The SMILES string of the molecule is COc1cc2c(cc1C)C1(CO2)C(=O)N(Cc2ccccc2-c2ccccc2)c2ccccc21. The topological polar surface area (TPSA) is 38.8 Å². The molecule has 0 saturated heterocycles. The lowest BCUT2D eigenvalue weighted by atomic mass is 9.76. The molecule has 1 unspecified atom stereocenters. The van der Waals surface area contributed by atoms with Gasteiger partial charge < -0.3 is 14.4 Å². The van der Waals surface area contributed by atoms with Crippen molar-refractivity contribution in [3.05, 3.63) is 113 Å². The van der Waals surface area contributed by atoms with Gasteiger partial charge in [0, 0.05) is 17.3 Å². The molecule has 2 aliphatic heterocycles. The highest BCUT2D eigenvalue weighted by Crippen LogP contribution is 2.53. The third-order valence-electron chi connectivity index (χ3n) is 7.10. The Morgan fingerprint density at radius 3 is 2.47 bits per heavy atom. The summed E-state index contributed by atoms with van der Waals surface area (Å²) in [6.07, 6.45) is 0. The molecule has 4 aromatic rings. The molecule has 1 atom stereocenters. The van der Waals surface area contributed by atoms with Crippen LogP contribution < -0.4 is 14.4 Å². The highest BCUT2D eigenvalue weighted by molar-refractivity contribution is 6.11. The van der Waals surface area contributed by atoms with Crippen LogP contribution in [-0.4, -0.2) is 19.6 Å². The van der Waals surface area contributed by atoms with Crippen molar-refractivity contribution < 1.29 is 14.3 Å². The van der Waals surface area contributed by atoms with Crippen molar-refractivity contribution in [2.75, 3.05) is 18.6 Å². The van der Waals surface area contributed by atoms with Gasteiger partial charge in [0.2, 0.25) is 5.91 Å². The Balaban J connectivity index is 1.47. The van der Waals surface area contributed by atoms with Crippen LogP contribution >= 0.6 is 0 Å². The van der Waals surface area contributed by atoms with E-state index in [-0.39, 0.29) is 5.91 Å². The minimum Gasteiger partial charge on any atom is -0.496 e. The van der Waals surface area contributed by atoms with E-state index in [1.54, 1.807) is 7.11 Å². The van der Waals surface area contributed by atoms with Gasteiger partial charge in [0.15, 0.2) is 0 Å². The Kier molecular flexibility index (Phi) is 4.70. The van der Waals surface area contributed by atoms with Crippen LogP contribution in [0.1, 0.15) is 22.3 Å². The molecule has 4 aromatic carbocycles. The maximum absolute atomic E-state index is 14.3. The molecule has 168 valence electrons. The number of methoxy groups -OCH3 is 1. The first-order chi connectivity index (χ1) is 16.6. The maximum atomic E-state index is 14.3. The van der Waals surface area contributed by atoms with E-state index in [1.807, 2.05) is 66.4 Å². The fraction of sp³-hybridized carbons (Fsp3) is 0.167. The minimum atomic E-state index is -0.843. The summed E-state index contributed by atoms with van der Waals surface area (Å²) in [6.45, 7) is 2.79. The Labute approximate surface area is 199 Å². The van der Waals surface area contributed by atoms with Crippen LogP contribution in [0.15, 0.2) is 91.0 Å². The lowest BCUT2D eigenvalue weighted by Gasteiger charge is -2.24. The van der Waals surface area contributed by atoms with Gasteiger partial charge in [-0.2, -0.15) is 0 Å². The predicted molar refractivity (Wildman–Crippen MR) is 134 cm³/mol. The smallest absolute Gasteiger partial charge is 0.246 e. The van der Waals surface area contributed by atoms with E-state index in [4.69, 9.17) is 9.47 Å². The van der Waals surface area contributed by atoms with E-state index >= 15 is 0 Å². The van der Waals surface area contributed by atoms with E-state index in [0.29, 0.717) is 13.2 Å². The van der Waals surface area contributed by atoms with Gasteiger partial charge in [0.1, 0.15) is 23.5 Å². The number of carbonyl (C=O) groups is 1. The molecule has 0 radical (unpaired) electrons. The number of fused-ring (bicyclic) bond motifs is 4. The molecule has 0 N–H and O–H groups in total. The number of nitrogens with zero attached hydrogens (tertiary/aromatic N) is 1. The first-order valence-electron chi connectivity index (χ1n) is 11.5. The van der Waals surface area contributed by atoms with Gasteiger partial charge in [-0.25, -0.2) is 0 Å². The number of para-hydroxylation sites is 1. The quantitative estimate of drug-likeness (QED) is 0.391. The van der Waals surface area contributed by atoms with Gasteiger partial charge in [-0.05, 0) is 46.9 Å². The van der Waals surface area contributed by atoms with Crippen LogP contribution in [0.2, 0.25) is 0 Å². The van der Waals surface area contributed by atoms with Crippen molar-refractivity contribution in [2.24, 2.45) is 0 Å². The normalized spacial score (nSPS) is 18.1. The molecule has 34 heavy (non-hydrogen) atoms. The summed E-state index contributed by atoms with van der Waals surface area (Å²) in [5, 5.41) is 0.